The van der Waals surface area contributed by atoms with Crippen molar-refractivity contribution in [3.63, 3.8) is 0 Å². The lowest BCUT2D eigenvalue weighted by Gasteiger charge is -2.63. The minimum Gasteiger partial charge on any atom is -0.466 e. The van der Waals surface area contributed by atoms with Gasteiger partial charge in [0.2, 0.25) is 0 Å². The average molecular weight is 463 g/mol. The SMILES string of the molecule is COC(=O)/C(C)=C\CC[C@@H](C)[C@H]1CC[C@H]2[C@@H]3[C@H](O)C[C@@H]4C[C@H](O)CC[C@]4(C)[C@H]3C[C@H](O)[C@]12C. The maximum absolute atomic E-state index is 11.7. The fourth-order valence-electron chi connectivity index (χ4n) is 9.14. The Bertz CT molecular complexity index is 763. The van der Waals surface area contributed by atoms with Gasteiger partial charge in [-0.15, -0.1) is 0 Å². The number of hydrogen-bond donors (Lipinski definition) is 3. The molecule has 5 nitrogen and oxygen atoms in total. The van der Waals surface area contributed by atoms with Gasteiger partial charge in [-0.1, -0.05) is 26.8 Å². The van der Waals surface area contributed by atoms with Gasteiger partial charge >= 0.3 is 5.97 Å². The van der Waals surface area contributed by atoms with Gasteiger partial charge < -0.3 is 20.1 Å². The van der Waals surface area contributed by atoms with Gasteiger partial charge in [-0.25, -0.2) is 4.79 Å². The maximum atomic E-state index is 11.7. The van der Waals surface area contributed by atoms with E-state index in [0.29, 0.717) is 35.2 Å². The molecule has 0 aromatic rings. The monoisotopic (exact) mass is 462 g/mol. The predicted octanol–water partition coefficient (Wildman–Crippen LogP) is 4.48. The quantitative estimate of drug-likeness (QED) is 0.414. The highest BCUT2D eigenvalue weighted by Crippen LogP contribution is 2.68. The van der Waals surface area contributed by atoms with Crippen molar-refractivity contribution < 1.29 is 24.9 Å². The van der Waals surface area contributed by atoms with Gasteiger partial charge in [0.1, 0.15) is 0 Å². The molecule has 0 spiro atoms. The second-order valence-electron chi connectivity index (χ2n) is 12.5. The number of carbonyl (C=O) groups excluding carboxylic acids is 1. The van der Waals surface area contributed by atoms with Gasteiger partial charge in [-0.3, -0.25) is 0 Å². The fraction of sp³-hybridized carbons (Fsp3) is 0.893. The zero-order valence-electron chi connectivity index (χ0n) is 21.3. The molecule has 4 aliphatic rings. The molecule has 188 valence electrons. The number of ether oxygens (including phenoxy) is 1. The van der Waals surface area contributed by atoms with Gasteiger partial charge in [-0.05, 0) is 111 Å². The third-order valence-electron chi connectivity index (χ3n) is 11.1. The van der Waals surface area contributed by atoms with Crippen LogP contribution in [0.25, 0.3) is 0 Å². The maximum Gasteiger partial charge on any atom is 0.333 e. The molecule has 11 atom stereocenters. The molecule has 3 N–H and O–H groups in total. The van der Waals surface area contributed by atoms with Crippen LogP contribution in [0.5, 0.6) is 0 Å². The number of aliphatic hydroxyl groups excluding tert-OH is 3. The van der Waals surface area contributed by atoms with Crippen molar-refractivity contribution in [1.29, 1.82) is 0 Å². The average Bonchev–Trinajstić information content (AvgIpc) is 3.13. The Morgan fingerprint density at radius 1 is 1.09 bits per heavy atom. The van der Waals surface area contributed by atoms with Crippen LogP contribution in [-0.4, -0.2) is 46.7 Å². The molecular formula is C28H46O5. The first-order valence-electron chi connectivity index (χ1n) is 13.3. The molecule has 0 aromatic heterocycles. The summed E-state index contributed by atoms with van der Waals surface area (Å²) in [5.41, 5.74) is 0.609. The molecule has 4 aliphatic carbocycles. The fourth-order valence-corrected chi connectivity index (χ4v) is 9.14. The third kappa shape index (κ3) is 4.10. The Balaban J connectivity index is 1.52. The molecule has 0 heterocycles. The second kappa shape index (κ2) is 9.28. The third-order valence-corrected chi connectivity index (χ3v) is 11.1. The summed E-state index contributed by atoms with van der Waals surface area (Å²) in [7, 11) is 1.41. The lowest BCUT2D eigenvalue weighted by atomic mass is 9.43. The Morgan fingerprint density at radius 2 is 1.82 bits per heavy atom. The van der Waals surface area contributed by atoms with Gasteiger partial charge in [0.15, 0.2) is 0 Å². The summed E-state index contributed by atoms with van der Waals surface area (Å²) < 4.78 is 4.80. The highest BCUT2D eigenvalue weighted by molar-refractivity contribution is 5.87. The van der Waals surface area contributed by atoms with E-state index in [1.54, 1.807) is 6.92 Å². The molecule has 4 fully saturated rings. The standard InChI is InChI=1S/C28H46O5/c1-16(7-6-8-17(2)26(32)33-5)20-9-10-21-25-22(15-24(31)28(20,21)4)27(3)12-11-19(29)13-18(27)14-23(25)30/h8,16,18-25,29-31H,6-7,9-15H2,1-5H3/b17-8-/t16-,18+,19-,20-,21+,22+,23-,24+,25+,27+,28-/m1/s1. The molecule has 0 saturated heterocycles. The number of aliphatic hydroxyl groups is 3. The van der Waals surface area contributed by atoms with Crippen molar-refractivity contribution in [2.45, 2.75) is 104 Å². The summed E-state index contributed by atoms with van der Waals surface area (Å²) >= 11 is 0. The Labute approximate surface area is 200 Å². The first kappa shape index (κ1) is 25.2. The summed E-state index contributed by atoms with van der Waals surface area (Å²) in [6, 6.07) is 0. The number of rotatable bonds is 5. The van der Waals surface area contributed by atoms with Crippen LogP contribution in [0.2, 0.25) is 0 Å². The molecule has 0 unspecified atom stereocenters. The van der Waals surface area contributed by atoms with Gasteiger partial charge in [0, 0.05) is 5.57 Å². The summed E-state index contributed by atoms with van der Waals surface area (Å²) in [6.45, 7) is 8.79. The van der Waals surface area contributed by atoms with Crippen molar-refractivity contribution >= 4 is 5.97 Å². The zero-order valence-corrected chi connectivity index (χ0v) is 21.3. The van der Waals surface area contributed by atoms with Crippen LogP contribution < -0.4 is 0 Å². The summed E-state index contributed by atoms with van der Waals surface area (Å²) in [5, 5.41) is 33.3. The second-order valence-corrected chi connectivity index (χ2v) is 12.5. The van der Waals surface area contributed by atoms with Crippen molar-refractivity contribution in [3.05, 3.63) is 11.6 Å². The highest BCUT2D eigenvalue weighted by atomic mass is 16.5. The van der Waals surface area contributed by atoms with Crippen LogP contribution in [0, 0.1) is 46.3 Å². The van der Waals surface area contributed by atoms with E-state index in [0.717, 1.165) is 57.8 Å². The van der Waals surface area contributed by atoms with Crippen LogP contribution in [-0.2, 0) is 9.53 Å². The molecule has 0 aliphatic heterocycles. The van der Waals surface area contributed by atoms with Crippen LogP contribution in [0.15, 0.2) is 11.6 Å². The van der Waals surface area contributed by atoms with Crippen molar-refractivity contribution in [3.8, 4) is 0 Å². The number of allylic oxidation sites excluding steroid dienone is 1. The minimum atomic E-state index is -0.347. The molecule has 0 radical (unpaired) electrons. The molecule has 0 aromatic carbocycles. The van der Waals surface area contributed by atoms with Gasteiger partial charge in [0.05, 0.1) is 25.4 Å². The van der Waals surface area contributed by atoms with Crippen LogP contribution in [0.4, 0.5) is 0 Å². The van der Waals surface area contributed by atoms with Crippen molar-refractivity contribution in [2.75, 3.05) is 7.11 Å². The first-order valence-corrected chi connectivity index (χ1v) is 13.3. The van der Waals surface area contributed by atoms with Gasteiger partial charge in [0.25, 0.3) is 0 Å². The van der Waals surface area contributed by atoms with E-state index in [1.165, 1.54) is 7.11 Å². The molecule has 33 heavy (non-hydrogen) atoms. The van der Waals surface area contributed by atoms with Crippen molar-refractivity contribution in [1.82, 2.24) is 0 Å². The Hall–Kier alpha value is -0.910. The van der Waals surface area contributed by atoms with Crippen LogP contribution in [0.3, 0.4) is 0 Å². The Kier molecular flexibility index (Phi) is 7.08. The van der Waals surface area contributed by atoms with E-state index in [4.69, 9.17) is 4.74 Å². The number of carbonyl (C=O) groups is 1. The Morgan fingerprint density at radius 3 is 2.52 bits per heavy atom. The first-order chi connectivity index (χ1) is 15.5. The number of hydrogen-bond acceptors (Lipinski definition) is 5. The molecule has 0 amide bonds. The largest absolute Gasteiger partial charge is 0.466 e. The smallest absolute Gasteiger partial charge is 0.333 e. The zero-order chi connectivity index (χ0) is 24.1. The molecule has 5 heteroatoms. The van der Waals surface area contributed by atoms with E-state index in [1.807, 2.05) is 6.08 Å². The normalized spacial score (nSPS) is 48.4. The number of esters is 1. The summed E-state index contributed by atoms with van der Waals surface area (Å²) in [4.78, 5) is 11.7. The van der Waals surface area contributed by atoms with E-state index >= 15 is 0 Å². The minimum absolute atomic E-state index is 0.116. The lowest BCUT2D eigenvalue weighted by molar-refractivity contribution is -0.207. The molecule has 4 rings (SSSR count). The van der Waals surface area contributed by atoms with E-state index in [9.17, 15) is 20.1 Å². The molecule has 4 saturated carbocycles. The van der Waals surface area contributed by atoms with Crippen LogP contribution in [0.1, 0.15) is 85.5 Å². The van der Waals surface area contributed by atoms with Crippen LogP contribution >= 0.6 is 0 Å². The molecular weight excluding hydrogens is 416 g/mol. The summed E-state index contributed by atoms with van der Waals surface area (Å²) in [5.74, 6) is 1.91. The van der Waals surface area contributed by atoms with Gasteiger partial charge in [-0.2, -0.15) is 0 Å². The van der Waals surface area contributed by atoms with E-state index in [-0.39, 0.29) is 41.0 Å². The van der Waals surface area contributed by atoms with E-state index in [2.05, 4.69) is 20.8 Å². The predicted molar refractivity (Wildman–Crippen MR) is 128 cm³/mol. The topological polar surface area (TPSA) is 87.0 Å². The van der Waals surface area contributed by atoms with Crippen molar-refractivity contribution in [2.24, 2.45) is 46.3 Å². The number of methoxy groups -OCH3 is 1. The summed E-state index contributed by atoms with van der Waals surface area (Å²) in [6.07, 6.45) is 9.33. The lowest BCUT2D eigenvalue weighted by Crippen LogP contribution is -2.62. The van der Waals surface area contributed by atoms with E-state index < -0.39 is 0 Å². The molecule has 0 bridgehead atoms. The number of fused-ring (bicyclic) bond motifs is 5. The highest BCUT2D eigenvalue weighted by Gasteiger charge is 2.65.